The van der Waals surface area contributed by atoms with E-state index in [0.29, 0.717) is 0 Å². The van der Waals surface area contributed by atoms with E-state index in [9.17, 15) is 5.11 Å². The molecule has 3 aliphatic rings. The Bertz CT molecular complexity index is 454. The Balaban J connectivity index is 1.44. The zero-order chi connectivity index (χ0) is 13.5. The lowest BCUT2D eigenvalue weighted by atomic mass is 9.84. The molecule has 4 atom stereocenters. The van der Waals surface area contributed by atoms with E-state index in [1.54, 1.807) is 10.4 Å². The maximum absolute atomic E-state index is 10.6. The lowest BCUT2D eigenvalue weighted by Gasteiger charge is -2.23. The minimum Gasteiger partial charge on any atom is -0.388 e. The maximum atomic E-state index is 10.6. The van der Waals surface area contributed by atoms with E-state index in [1.807, 2.05) is 11.3 Å². The molecule has 110 valence electrons. The smallest absolute Gasteiger partial charge is 0.0884 e. The molecule has 0 saturated heterocycles. The maximum Gasteiger partial charge on any atom is 0.0884 e. The molecular formula is C18H26OS. The molecule has 2 saturated carbocycles. The van der Waals surface area contributed by atoms with Crippen molar-refractivity contribution in [3.8, 4) is 0 Å². The Morgan fingerprint density at radius 2 is 2.05 bits per heavy atom. The lowest BCUT2D eigenvalue weighted by Crippen LogP contribution is -2.13. The van der Waals surface area contributed by atoms with E-state index in [1.165, 1.54) is 62.7 Å². The van der Waals surface area contributed by atoms with Crippen molar-refractivity contribution in [2.24, 2.45) is 17.8 Å². The largest absolute Gasteiger partial charge is 0.388 e. The Morgan fingerprint density at radius 3 is 2.85 bits per heavy atom. The molecule has 0 amide bonds. The van der Waals surface area contributed by atoms with Crippen LogP contribution in [0.5, 0.6) is 0 Å². The number of hydrogen-bond acceptors (Lipinski definition) is 2. The summed E-state index contributed by atoms with van der Waals surface area (Å²) in [6, 6.07) is 2.34. The normalized spacial score (nSPS) is 34.0. The number of rotatable bonds is 3. The van der Waals surface area contributed by atoms with E-state index in [0.717, 1.165) is 24.2 Å². The Morgan fingerprint density at radius 1 is 1.15 bits per heavy atom. The van der Waals surface area contributed by atoms with Crippen molar-refractivity contribution < 1.29 is 5.11 Å². The highest BCUT2D eigenvalue weighted by atomic mass is 32.1. The summed E-state index contributed by atoms with van der Waals surface area (Å²) in [7, 11) is 0. The molecule has 0 spiro atoms. The van der Waals surface area contributed by atoms with E-state index in [4.69, 9.17) is 0 Å². The average Bonchev–Trinajstić information content (AvgIpc) is 3.11. The quantitative estimate of drug-likeness (QED) is 0.787. The van der Waals surface area contributed by atoms with Gasteiger partial charge in [-0.1, -0.05) is 12.8 Å². The summed E-state index contributed by atoms with van der Waals surface area (Å²) in [6.45, 7) is 0. The second-order valence-corrected chi connectivity index (χ2v) is 8.51. The number of aliphatic hydroxyl groups is 1. The Hall–Kier alpha value is -0.340. The average molecular weight is 290 g/mol. The van der Waals surface area contributed by atoms with Gasteiger partial charge in [0.05, 0.1) is 6.10 Å². The first-order valence-corrected chi connectivity index (χ1v) is 9.41. The van der Waals surface area contributed by atoms with Crippen molar-refractivity contribution in [3.63, 3.8) is 0 Å². The van der Waals surface area contributed by atoms with Crippen molar-refractivity contribution in [3.05, 3.63) is 21.4 Å². The minimum atomic E-state index is -0.184. The summed E-state index contributed by atoms with van der Waals surface area (Å²) in [5.74, 6) is 2.75. The first-order valence-electron chi connectivity index (χ1n) is 8.59. The standard InChI is InChI=1S/C18H26OS/c19-16(10-15-9-12-6-7-13(15)8-12)18-11-14-4-2-1-3-5-17(14)20-18/h11-13,15-16,19H,1-10H2. The summed E-state index contributed by atoms with van der Waals surface area (Å²) in [6.07, 6.45) is 13.1. The van der Waals surface area contributed by atoms with Crippen LogP contribution in [0.15, 0.2) is 6.07 Å². The topological polar surface area (TPSA) is 20.2 Å². The van der Waals surface area contributed by atoms with E-state index >= 15 is 0 Å². The van der Waals surface area contributed by atoms with Crippen molar-refractivity contribution in [2.75, 3.05) is 0 Å². The predicted octanol–water partition coefficient (Wildman–Crippen LogP) is 4.88. The molecule has 3 aliphatic carbocycles. The fourth-order valence-electron chi connectivity index (χ4n) is 4.92. The molecule has 2 heteroatoms. The molecule has 0 aliphatic heterocycles. The fourth-order valence-corrected chi connectivity index (χ4v) is 6.18. The Labute approximate surface area is 126 Å². The summed E-state index contributed by atoms with van der Waals surface area (Å²) in [4.78, 5) is 2.84. The number of aliphatic hydroxyl groups excluding tert-OH is 1. The molecule has 4 unspecified atom stereocenters. The first-order chi connectivity index (χ1) is 9.79. The van der Waals surface area contributed by atoms with Crippen molar-refractivity contribution in [1.82, 2.24) is 0 Å². The van der Waals surface area contributed by atoms with Crippen molar-refractivity contribution in [1.29, 1.82) is 0 Å². The highest BCUT2D eigenvalue weighted by Crippen LogP contribution is 2.51. The Kier molecular flexibility index (Phi) is 3.64. The van der Waals surface area contributed by atoms with Gasteiger partial charge in [0.1, 0.15) is 0 Å². The highest BCUT2D eigenvalue weighted by Gasteiger charge is 2.40. The van der Waals surface area contributed by atoms with Crippen LogP contribution in [0.1, 0.15) is 72.8 Å². The second-order valence-electron chi connectivity index (χ2n) is 7.34. The van der Waals surface area contributed by atoms with Gasteiger partial charge in [-0.25, -0.2) is 0 Å². The van der Waals surface area contributed by atoms with Crippen LogP contribution in [-0.4, -0.2) is 5.11 Å². The van der Waals surface area contributed by atoms with Crippen LogP contribution in [0.2, 0.25) is 0 Å². The highest BCUT2D eigenvalue weighted by molar-refractivity contribution is 7.12. The summed E-state index contributed by atoms with van der Waals surface area (Å²) < 4.78 is 0. The van der Waals surface area contributed by atoms with Gasteiger partial charge in [-0.05, 0) is 80.8 Å². The number of fused-ring (bicyclic) bond motifs is 3. The van der Waals surface area contributed by atoms with E-state index in [2.05, 4.69) is 6.07 Å². The molecular weight excluding hydrogens is 264 g/mol. The molecule has 1 aromatic rings. The SMILES string of the molecule is OC(CC1CC2CCC1C2)c1cc2c(s1)CCCCC2. The van der Waals surface area contributed by atoms with Gasteiger partial charge in [0.15, 0.2) is 0 Å². The molecule has 1 heterocycles. The molecule has 20 heavy (non-hydrogen) atoms. The summed E-state index contributed by atoms with van der Waals surface area (Å²) >= 11 is 1.91. The monoisotopic (exact) mass is 290 g/mol. The third-order valence-electron chi connectivity index (χ3n) is 6.00. The van der Waals surface area contributed by atoms with Crippen molar-refractivity contribution in [2.45, 2.75) is 70.3 Å². The van der Waals surface area contributed by atoms with Gasteiger partial charge in [-0.15, -0.1) is 11.3 Å². The molecule has 4 rings (SSSR count). The third-order valence-corrected chi connectivity index (χ3v) is 7.34. The first kappa shape index (κ1) is 13.3. The molecule has 1 N–H and O–H groups in total. The zero-order valence-corrected chi connectivity index (χ0v) is 13.1. The molecule has 2 bridgehead atoms. The minimum absolute atomic E-state index is 0.184. The van der Waals surface area contributed by atoms with Gasteiger partial charge in [0.25, 0.3) is 0 Å². The van der Waals surface area contributed by atoms with Gasteiger partial charge in [0, 0.05) is 9.75 Å². The van der Waals surface area contributed by atoms with Gasteiger partial charge >= 0.3 is 0 Å². The van der Waals surface area contributed by atoms with Crippen molar-refractivity contribution >= 4 is 11.3 Å². The summed E-state index contributed by atoms with van der Waals surface area (Å²) in [5.41, 5.74) is 1.55. The van der Waals surface area contributed by atoms with Crippen LogP contribution in [0, 0.1) is 17.8 Å². The van der Waals surface area contributed by atoms with Crippen LogP contribution >= 0.6 is 11.3 Å². The number of hydrogen-bond donors (Lipinski definition) is 1. The molecule has 0 radical (unpaired) electrons. The molecule has 1 aromatic heterocycles. The van der Waals surface area contributed by atoms with Gasteiger partial charge in [0.2, 0.25) is 0 Å². The molecule has 0 aromatic carbocycles. The number of thiophene rings is 1. The van der Waals surface area contributed by atoms with E-state index < -0.39 is 0 Å². The predicted molar refractivity (Wildman–Crippen MR) is 84.1 cm³/mol. The van der Waals surface area contributed by atoms with Crippen LogP contribution in [0.25, 0.3) is 0 Å². The van der Waals surface area contributed by atoms with Crippen LogP contribution < -0.4 is 0 Å². The zero-order valence-electron chi connectivity index (χ0n) is 12.3. The molecule has 2 fully saturated rings. The van der Waals surface area contributed by atoms with Crippen LogP contribution in [-0.2, 0) is 12.8 Å². The van der Waals surface area contributed by atoms with Gasteiger partial charge < -0.3 is 5.11 Å². The summed E-state index contributed by atoms with van der Waals surface area (Å²) in [5, 5.41) is 10.6. The number of aryl methyl sites for hydroxylation is 2. The molecule has 1 nitrogen and oxygen atoms in total. The lowest BCUT2D eigenvalue weighted by molar-refractivity contribution is 0.128. The van der Waals surface area contributed by atoms with Crippen LogP contribution in [0.4, 0.5) is 0 Å². The third kappa shape index (κ3) is 2.46. The van der Waals surface area contributed by atoms with Gasteiger partial charge in [-0.2, -0.15) is 0 Å². The van der Waals surface area contributed by atoms with Crippen LogP contribution in [0.3, 0.4) is 0 Å². The van der Waals surface area contributed by atoms with E-state index in [-0.39, 0.29) is 6.10 Å². The fraction of sp³-hybridized carbons (Fsp3) is 0.778. The second kappa shape index (κ2) is 5.46. The van der Waals surface area contributed by atoms with Gasteiger partial charge in [-0.3, -0.25) is 0 Å².